The molecule has 0 radical (unpaired) electrons. The Morgan fingerprint density at radius 1 is 1.23 bits per heavy atom. The van der Waals surface area contributed by atoms with Crippen LogP contribution in [-0.4, -0.2) is 12.9 Å². The van der Waals surface area contributed by atoms with E-state index in [4.69, 9.17) is 4.74 Å². The number of benzene rings is 1. The molecule has 22 heavy (non-hydrogen) atoms. The molecule has 3 aliphatic carbocycles. The maximum Gasteiger partial charge on any atom is 0.139 e. The Kier molecular flexibility index (Phi) is 3.32. The van der Waals surface area contributed by atoms with Crippen LogP contribution in [0.25, 0.3) is 0 Å². The number of ketones is 1. The highest BCUT2D eigenvalue weighted by Gasteiger charge is 2.56. The van der Waals surface area contributed by atoms with E-state index in [2.05, 4.69) is 25.1 Å². The molecule has 0 amide bonds. The van der Waals surface area contributed by atoms with Crippen LogP contribution in [0.15, 0.2) is 18.2 Å². The van der Waals surface area contributed by atoms with E-state index in [-0.39, 0.29) is 5.41 Å². The Balaban J connectivity index is 1.70. The summed E-state index contributed by atoms with van der Waals surface area (Å²) < 4.78 is 5.39. The number of hydrogen-bond acceptors (Lipinski definition) is 2. The molecule has 1 aromatic carbocycles. The monoisotopic (exact) mass is 298 g/mol. The Bertz CT molecular complexity index is 606. The van der Waals surface area contributed by atoms with Gasteiger partial charge < -0.3 is 4.74 Å². The second-order valence-electron chi connectivity index (χ2n) is 7.49. The van der Waals surface area contributed by atoms with Crippen molar-refractivity contribution >= 4 is 5.78 Å². The molecule has 2 fully saturated rings. The third kappa shape index (κ3) is 1.82. The van der Waals surface area contributed by atoms with Gasteiger partial charge in [0.2, 0.25) is 0 Å². The largest absolute Gasteiger partial charge is 0.497 e. The Morgan fingerprint density at radius 2 is 2.09 bits per heavy atom. The van der Waals surface area contributed by atoms with Gasteiger partial charge in [-0.3, -0.25) is 4.79 Å². The smallest absolute Gasteiger partial charge is 0.139 e. The third-order valence-corrected chi connectivity index (χ3v) is 7.01. The summed E-state index contributed by atoms with van der Waals surface area (Å²) in [5.74, 6) is 3.58. The Labute approximate surface area is 133 Å². The molecule has 2 heteroatoms. The first-order valence-corrected chi connectivity index (χ1v) is 8.89. The fourth-order valence-electron chi connectivity index (χ4n) is 5.91. The number of methoxy groups -OCH3 is 1. The summed E-state index contributed by atoms with van der Waals surface area (Å²) in [6.45, 7) is 2.23. The minimum atomic E-state index is 0.0329. The van der Waals surface area contributed by atoms with E-state index in [1.165, 1.54) is 18.4 Å². The van der Waals surface area contributed by atoms with Crippen molar-refractivity contribution in [3.05, 3.63) is 29.3 Å². The topological polar surface area (TPSA) is 26.3 Å². The van der Waals surface area contributed by atoms with Gasteiger partial charge in [-0.05, 0) is 79.5 Å². The minimum absolute atomic E-state index is 0.0329. The standard InChI is InChI=1S/C20H26O2/c1-3-20-11-10-16-15-7-5-14(22-2)12-13(15)4-6-17(16)18(20)8-9-19(20)21/h5,7,12,16-18H,3-4,6,8-11H2,1-2H3/t16-,17-,18+,20+/m1/s1. The molecule has 1 aromatic rings. The number of rotatable bonds is 2. The highest BCUT2D eigenvalue weighted by molar-refractivity contribution is 5.87. The lowest BCUT2D eigenvalue weighted by Crippen LogP contribution is -2.44. The summed E-state index contributed by atoms with van der Waals surface area (Å²) in [5.41, 5.74) is 3.06. The SMILES string of the molecule is CC[C@]12CC[C@@H]3c4ccc(OC)cc4CC[C@H]3[C@@H]1CCC2=O. The van der Waals surface area contributed by atoms with E-state index in [0.717, 1.165) is 43.8 Å². The molecule has 4 atom stereocenters. The molecule has 0 aromatic heterocycles. The number of hydrogen-bond donors (Lipinski definition) is 0. The maximum atomic E-state index is 12.5. The van der Waals surface area contributed by atoms with Crippen LogP contribution in [0.3, 0.4) is 0 Å². The molecule has 2 nitrogen and oxygen atoms in total. The van der Waals surface area contributed by atoms with Gasteiger partial charge in [-0.1, -0.05) is 13.0 Å². The average Bonchev–Trinajstić information content (AvgIpc) is 2.91. The molecule has 0 N–H and O–H groups in total. The first-order chi connectivity index (χ1) is 10.7. The molecular formula is C20H26O2. The summed E-state index contributed by atoms with van der Waals surface area (Å²) in [6, 6.07) is 6.64. The molecule has 0 bridgehead atoms. The van der Waals surface area contributed by atoms with Crippen molar-refractivity contribution in [2.45, 2.75) is 57.8 Å². The van der Waals surface area contributed by atoms with Crippen molar-refractivity contribution in [2.75, 3.05) is 7.11 Å². The van der Waals surface area contributed by atoms with Crippen LogP contribution in [0.1, 0.15) is 62.5 Å². The van der Waals surface area contributed by atoms with Crippen LogP contribution in [0.4, 0.5) is 0 Å². The van der Waals surface area contributed by atoms with Crippen LogP contribution in [-0.2, 0) is 11.2 Å². The van der Waals surface area contributed by atoms with Crippen molar-refractivity contribution in [2.24, 2.45) is 17.3 Å². The molecule has 4 rings (SSSR count). The van der Waals surface area contributed by atoms with Crippen molar-refractivity contribution in [3.63, 3.8) is 0 Å². The number of carbonyl (C=O) groups excluding carboxylic acids is 1. The second-order valence-corrected chi connectivity index (χ2v) is 7.49. The fraction of sp³-hybridized carbons (Fsp3) is 0.650. The minimum Gasteiger partial charge on any atom is -0.497 e. The van der Waals surface area contributed by atoms with Crippen LogP contribution in [0.2, 0.25) is 0 Å². The van der Waals surface area contributed by atoms with Gasteiger partial charge in [-0.25, -0.2) is 0 Å². The molecule has 0 spiro atoms. The van der Waals surface area contributed by atoms with Gasteiger partial charge in [0.25, 0.3) is 0 Å². The zero-order chi connectivity index (χ0) is 15.3. The molecule has 2 saturated carbocycles. The van der Waals surface area contributed by atoms with Crippen molar-refractivity contribution in [1.82, 2.24) is 0 Å². The first-order valence-electron chi connectivity index (χ1n) is 8.89. The predicted molar refractivity (Wildman–Crippen MR) is 87.2 cm³/mol. The van der Waals surface area contributed by atoms with Crippen LogP contribution < -0.4 is 4.74 Å². The lowest BCUT2D eigenvalue weighted by Gasteiger charge is -2.49. The van der Waals surface area contributed by atoms with E-state index >= 15 is 0 Å². The summed E-state index contributed by atoms with van der Waals surface area (Å²) in [4.78, 5) is 12.5. The van der Waals surface area contributed by atoms with Crippen LogP contribution >= 0.6 is 0 Å². The van der Waals surface area contributed by atoms with Crippen molar-refractivity contribution in [1.29, 1.82) is 0 Å². The summed E-state index contributed by atoms with van der Waals surface area (Å²) in [5, 5.41) is 0. The predicted octanol–water partition coefficient (Wildman–Crippen LogP) is 4.51. The normalized spacial score (nSPS) is 36.5. The summed E-state index contributed by atoms with van der Waals surface area (Å²) in [7, 11) is 1.74. The summed E-state index contributed by atoms with van der Waals surface area (Å²) >= 11 is 0. The van der Waals surface area contributed by atoms with Crippen LogP contribution in [0.5, 0.6) is 5.75 Å². The van der Waals surface area contributed by atoms with Crippen LogP contribution in [0, 0.1) is 17.3 Å². The number of aryl methyl sites for hydroxylation is 1. The molecule has 118 valence electrons. The van der Waals surface area contributed by atoms with Gasteiger partial charge in [0, 0.05) is 11.8 Å². The third-order valence-electron chi connectivity index (χ3n) is 7.01. The van der Waals surface area contributed by atoms with Crippen molar-refractivity contribution in [3.8, 4) is 5.75 Å². The molecule has 0 aliphatic heterocycles. The molecule has 0 heterocycles. The number of carbonyl (C=O) groups is 1. The maximum absolute atomic E-state index is 12.5. The van der Waals surface area contributed by atoms with Crippen molar-refractivity contribution < 1.29 is 9.53 Å². The average molecular weight is 298 g/mol. The van der Waals surface area contributed by atoms with E-state index in [1.807, 2.05) is 0 Å². The van der Waals surface area contributed by atoms with Gasteiger partial charge in [0.15, 0.2) is 0 Å². The van der Waals surface area contributed by atoms with Gasteiger partial charge in [0.05, 0.1) is 7.11 Å². The molecular weight excluding hydrogens is 272 g/mol. The zero-order valence-corrected chi connectivity index (χ0v) is 13.7. The van der Waals surface area contributed by atoms with Gasteiger partial charge in [-0.15, -0.1) is 0 Å². The summed E-state index contributed by atoms with van der Waals surface area (Å²) in [6.07, 6.45) is 7.73. The van der Waals surface area contributed by atoms with Gasteiger partial charge in [-0.2, -0.15) is 0 Å². The van der Waals surface area contributed by atoms with E-state index in [9.17, 15) is 4.79 Å². The number of ether oxygens (including phenoxy) is 1. The highest BCUT2D eigenvalue weighted by atomic mass is 16.5. The zero-order valence-electron chi connectivity index (χ0n) is 13.7. The number of Topliss-reactive ketones (excluding diaryl/α,β-unsaturated/α-hetero) is 1. The van der Waals surface area contributed by atoms with E-state index in [1.54, 1.807) is 12.7 Å². The molecule has 0 unspecified atom stereocenters. The van der Waals surface area contributed by atoms with Gasteiger partial charge >= 0.3 is 0 Å². The molecule has 3 aliphatic rings. The van der Waals surface area contributed by atoms with E-state index in [0.29, 0.717) is 17.6 Å². The lowest BCUT2D eigenvalue weighted by molar-refractivity contribution is -0.131. The first kappa shape index (κ1) is 14.3. The Morgan fingerprint density at radius 3 is 2.86 bits per heavy atom. The highest BCUT2D eigenvalue weighted by Crippen LogP contribution is 2.61. The molecule has 0 saturated heterocycles. The second kappa shape index (κ2) is 5.11. The number of fused-ring (bicyclic) bond motifs is 5. The van der Waals surface area contributed by atoms with Gasteiger partial charge in [0.1, 0.15) is 11.5 Å². The fourth-order valence-corrected chi connectivity index (χ4v) is 5.91. The Hall–Kier alpha value is -1.31. The van der Waals surface area contributed by atoms with E-state index < -0.39 is 0 Å². The quantitative estimate of drug-likeness (QED) is 0.803. The lowest BCUT2D eigenvalue weighted by atomic mass is 9.54.